The van der Waals surface area contributed by atoms with Crippen molar-refractivity contribution >= 4 is 0 Å². The number of aromatic hydroxyl groups is 1. The summed E-state index contributed by atoms with van der Waals surface area (Å²) in [4.78, 5) is 2.42. The van der Waals surface area contributed by atoms with Gasteiger partial charge in [0.15, 0.2) is 0 Å². The van der Waals surface area contributed by atoms with Crippen molar-refractivity contribution in [3.05, 3.63) is 29.3 Å². The third-order valence-corrected chi connectivity index (χ3v) is 3.45. The number of hydrogen-bond acceptors (Lipinski definition) is 2. The second kappa shape index (κ2) is 4.23. The molecule has 1 N–H and O–H groups in total. The summed E-state index contributed by atoms with van der Waals surface area (Å²) in [6.07, 6.45) is 2.25. The first kappa shape index (κ1) is 10.5. The lowest BCUT2D eigenvalue weighted by Gasteiger charge is -2.27. The Morgan fingerprint density at radius 2 is 2.07 bits per heavy atom. The van der Waals surface area contributed by atoms with E-state index < -0.39 is 0 Å². The van der Waals surface area contributed by atoms with E-state index in [1.807, 2.05) is 6.07 Å². The number of aryl methyl sites for hydroxylation is 1. The van der Waals surface area contributed by atoms with Gasteiger partial charge >= 0.3 is 0 Å². The van der Waals surface area contributed by atoms with E-state index in [4.69, 9.17) is 0 Å². The van der Waals surface area contributed by atoms with Gasteiger partial charge < -0.3 is 5.11 Å². The van der Waals surface area contributed by atoms with Crippen molar-refractivity contribution in [2.24, 2.45) is 0 Å². The lowest BCUT2D eigenvalue weighted by atomic mass is 10.1. The first-order chi connectivity index (χ1) is 7.27. The van der Waals surface area contributed by atoms with Gasteiger partial charge in [0, 0.05) is 11.6 Å². The van der Waals surface area contributed by atoms with Gasteiger partial charge in [0.05, 0.1) is 0 Å². The Morgan fingerprint density at radius 3 is 2.73 bits per heavy atom. The molecule has 15 heavy (non-hydrogen) atoms. The van der Waals surface area contributed by atoms with Gasteiger partial charge in [-0.2, -0.15) is 0 Å². The summed E-state index contributed by atoms with van der Waals surface area (Å²) in [6.45, 7) is 6.47. The average molecular weight is 205 g/mol. The third kappa shape index (κ3) is 1.74. The van der Waals surface area contributed by atoms with Crippen molar-refractivity contribution in [2.75, 3.05) is 13.1 Å². The second-order valence-corrected chi connectivity index (χ2v) is 4.13. The molecule has 0 radical (unpaired) electrons. The van der Waals surface area contributed by atoms with E-state index in [2.05, 4.69) is 24.8 Å². The van der Waals surface area contributed by atoms with E-state index in [0.717, 1.165) is 25.9 Å². The normalized spacial score (nSPS) is 19.5. The Bertz CT molecular complexity index is 344. The Hall–Kier alpha value is -1.02. The number of phenols is 1. The molecule has 0 heterocycles. The highest BCUT2D eigenvalue weighted by Crippen LogP contribution is 2.40. The number of fused-ring (bicyclic) bond motifs is 1. The van der Waals surface area contributed by atoms with Crippen molar-refractivity contribution < 1.29 is 5.11 Å². The van der Waals surface area contributed by atoms with Crippen LogP contribution in [0.2, 0.25) is 0 Å². The van der Waals surface area contributed by atoms with Gasteiger partial charge in [-0.25, -0.2) is 0 Å². The lowest BCUT2D eigenvalue weighted by molar-refractivity contribution is 0.215. The Morgan fingerprint density at radius 1 is 1.33 bits per heavy atom. The molecule has 2 rings (SSSR count). The molecule has 0 saturated heterocycles. The number of phenolic OH excluding ortho intramolecular Hbond substituents is 1. The summed E-state index contributed by atoms with van der Waals surface area (Å²) in [5.74, 6) is 0.474. The highest BCUT2D eigenvalue weighted by molar-refractivity contribution is 5.44. The van der Waals surface area contributed by atoms with Crippen LogP contribution in [0.3, 0.4) is 0 Å². The van der Waals surface area contributed by atoms with Crippen LogP contribution in [0.25, 0.3) is 0 Å². The maximum Gasteiger partial charge on any atom is 0.120 e. The molecular formula is C13H19NO. The Kier molecular flexibility index (Phi) is 2.96. The molecule has 82 valence electrons. The smallest absolute Gasteiger partial charge is 0.120 e. The fourth-order valence-corrected chi connectivity index (χ4v) is 2.67. The molecule has 0 amide bonds. The summed E-state index contributed by atoms with van der Waals surface area (Å²) >= 11 is 0. The van der Waals surface area contributed by atoms with Crippen molar-refractivity contribution in [1.29, 1.82) is 0 Å². The molecule has 1 aromatic carbocycles. The van der Waals surface area contributed by atoms with Crippen LogP contribution in [0, 0.1) is 0 Å². The van der Waals surface area contributed by atoms with Crippen molar-refractivity contribution in [1.82, 2.24) is 4.90 Å². The van der Waals surface area contributed by atoms with Gasteiger partial charge in [-0.3, -0.25) is 4.90 Å². The summed E-state index contributed by atoms with van der Waals surface area (Å²) in [7, 11) is 0. The molecule has 1 atom stereocenters. The van der Waals surface area contributed by atoms with Crippen molar-refractivity contribution in [2.45, 2.75) is 32.7 Å². The van der Waals surface area contributed by atoms with Crippen LogP contribution in [0.5, 0.6) is 5.75 Å². The third-order valence-electron chi connectivity index (χ3n) is 3.45. The summed E-state index contributed by atoms with van der Waals surface area (Å²) < 4.78 is 0. The predicted octanol–water partition coefficient (Wildman–Crippen LogP) is 2.72. The molecule has 0 spiro atoms. The maximum atomic E-state index is 9.92. The van der Waals surface area contributed by atoms with E-state index in [1.54, 1.807) is 6.07 Å². The first-order valence-electron chi connectivity index (χ1n) is 5.82. The van der Waals surface area contributed by atoms with Crippen LogP contribution in [-0.2, 0) is 6.42 Å². The van der Waals surface area contributed by atoms with Crippen LogP contribution in [0.1, 0.15) is 37.4 Å². The molecule has 2 heteroatoms. The molecule has 1 aliphatic carbocycles. The fraction of sp³-hybridized carbons (Fsp3) is 0.538. The topological polar surface area (TPSA) is 23.5 Å². The maximum absolute atomic E-state index is 9.92. The van der Waals surface area contributed by atoms with Gasteiger partial charge in [-0.1, -0.05) is 26.0 Å². The standard InChI is InChI=1S/C13H19NO/c1-3-14(4-2)11-9-8-10-6-5-7-12(15)13(10)11/h5-7,11,15H,3-4,8-9H2,1-2H3. The summed E-state index contributed by atoms with van der Waals surface area (Å²) in [6, 6.07) is 6.31. The highest BCUT2D eigenvalue weighted by Gasteiger charge is 2.28. The number of nitrogens with zero attached hydrogens (tertiary/aromatic N) is 1. The van der Waals surface area contributed by atoms with Crippen molar-refractivity contribution in [3.63, 3.8) is 0 Å². The highest BCUT2D eigenvalue weighted by atomic mass is 16.3. The van der Waals surface area contributed by atoms with Crippen LogP contribution in [-0.4, -0.2) is 23.1 Å². The van der Waals surface area contributed by atoms with E-state index in [1.165, 1.54) is 11.1 Å². The van der Waals surface area contributed by atoms with E-state index in [0.29, 0.717) is 11.8 Å². The molecule has 0 aromatic heterocycles. The summed E-state index contributed by atoms with van der Waals surface area (Å²) in [5.41, 5.74) is 2.49. The molecule has 0 aliphatic heterocycles. The zero-order valence-corrected chi connectivity index (χ0v) is 9.53. The number of rotatable bonds is 3. The van der Waals surface area contributed by atoms with Crippen LogP contribution in [0.15, 0.2) is 18.2 Å². The van der Waals surface area contributed by atoms with Gasteiger partial charge in [0.1, 0.15) is 5.75 Å². The van der Waals surface area contributed by atoms with Gasteiger partial charge in [0.25, 0.3) is 0 Å². The zero-order valence-electron chi connectivity index (χ0n) is 9.53. The largest absolute Gasteiger partial charge is 0.508 e. The molecule has 1 unspecified atom stereocenters. The molecule has 0 bridgehead atoms. The van der Waals surface area contributed by atoms with Crippen LogP contribution in [0.4, 0.5) is 0 Å². The minimum atomic E-state index is 0.427. The molecule has 2 nitrogen and oxygen atoms in total. The van der Waals surface area contributed by atoms with Crippen LogP contribution >= 0.6 is 0 Å². The van der Waals surface area contributed by atoms with E-state index in [-0.39, 0.29) is 0 Å². The van der Waals surface area contributed by atoms with E-state index >= 15 is 0 Å². The Balaban J connectivity index is 2.34. The van der Waals surface area contributed by atoms with Gasteiger partial charge in [-0.05, 0) is 37.6 Å². The SMILES string of the molecule is CCN(CC)C1CCc2cccc(O)c21. The number of benzene rings is 1. The monoisotopic (exact) mass is 205 g/mol. The molecule has 1 aliphatic rings. The van der Waals surface area contributed by atoms with Gasteiger partial charge in [0.2, 0.25) is 0 Å². The quantitative estimate of drug-likeness (QED) is 0.820. The van der Waals surface area contributed by atoms with Crippen molar-refractivity contribution in [3.8, 4) is 5.75 Å². The lowest BCUT2D eigenvalue weighted by Crippen LogP contribution is -2.26. The fourth-order valence-electron chi connectivity index (χ4n) is 2.67. The second-order valence-electron chi connectivity index (χ2n) is 4.13. The van der Waals surface area contributed by atoms with E-state index in [9.17, 15) is 5.11 Å². The average Bonchev–Trinajstić information content (AvgIpc) is 2.66. The molecule has 0 fully saturated rings. The van der Waals surface area contributed by atoms with Gasteiger partial charge in [-0.15, -0.1) is 0 Å². The molecule has 1 aromatic rings. The minimum absolute atomic E-state index is 0.427. The molecule has 0 saturated carbocycles. The summed E-state index contributed by atoms with van der Waals surface area (Å²) in [5, 5.41) is 9.92. The number of hydrogen-bond donors (Lipinski definition) is 1. The van der Waals surface area contributed by atoms with Crippen LogP contribution < -0.4 is 0 Å². The minimum Gasteiger partial charge on any atom is -0.508 e. The zero-order chi connectivity index (χ0) is 10.8. The molecular weight excluding hydrogens is 186 g/mol. The predicted molar refractivity (Wildman–Crippen MR) is 62.1 cm³/mol. The Labute approximate surface area is 91.5 Å². The first-order valence-corrected chi connectivity index (χ1v) is 5.82.